The van der Waals surface area contributed by atoms with Crippen molar-refractivity contribution in [3.63, 3.8) is 0 Å². The van der Waals surface area contributed by atoms with Crippen molar-refractivity contribution in [2.24, 2.45) is 5.73 Å². The van der Waals surface area contributed by atoms with E-state index >= 15 is 0 Å². The highest BCUT2D eigenvalue weighted by atomic mass is 32.2. The lowest BCUT2D eigenvalue weighted by Gasteiger charge is -2.09. The number of nitrogens with two attached hydrogens (primary N) is 1. The van der Waals surface area contributed by atoms with E-state index in [2.05, 4.69) is 4.72 Å². The third kappa shape index (κ3) is 3.12. The number of ether oxygens (including phenoxy) is 1. The Morgan fingerprint density at radius 1 is 1.35 bits per heavy atom. The third-order valence-corrected chi connectivity index (χ3v) is 5.65. The molecule has 0 fully saturated rings. The fourth-order valence-corrected chi connectivity index (χ4v) is 4.02. The Labute approximate surface area is 122 Å². The van der Waals surface area contributed by atoms with E-state index in [1.54, 1.807) is 36.8 Å². The first-order chi connectivity index (χ1) is 9.46. The highest BCUT2D eigenvalue weighted by Crippen LogP contribution is 2.26. The molecular weight excluding hydrogens is 296 g/mol. The van der Waals surface area contributed by atoms with Crippen LogP contribution in [-0.4, -0.2) is 15.5 Å². The van der Waals surface area contributed by atoms with Crippen LogP contribution in [0.5, 0.6) is 5.75 Å². The number of aryl methyl sites for hydroxylation is 1. The molecule has 0 spiro atoms. The van der Waals surface area contributed by atoms with Gasteiger partial charge in [0.25, 0.3) is 10.0 Å². The summed E-state index contributed by atoms with van der Waals surface area (Å²) < 4.78 is 32.4. The Morgan fingerprint density at radius 3 is 2.65 bits per heavy atom. The van der Waals surface area contributed by atoms with Crippen LogP contribution >= 0.6 is 11.3 Å². The van der Waals surface area contributed by atoms with Gasteiger partial charge in [-0.2, -0.15) is 0 Å². The molecule has 1 aromatic heterocycles. The van der Waals surface area contributed by atoms with E-state index in [4.69, 9.17) is 10.5 Å². The van der Waals surface area contributed by atoms with E-state index in [-0.39, 0.29) is 4.21 Å². The van der Waals surface area contributed by atoms with Crippen molar-refractivity contribution < 1.29 is 13.2 Å². The van der Waals surface area contributed by atoms with Crippen LogP contribution in [0.2, 0.25) is 0 Å². The van der Waals surface area contributed by atoms with Crippen LogP contribution < -0.4 is 15.2 Å². The Balaban J connectivity index is 2.26. The molecule has 0 amide bonds. The molecule has 3 N–H and O–H groups in total. The highest BCUT2D eigenvalue weighted by molar-refractivity contribution is 7.94. The number of anilines is 1. The minimum Gasteiger partial charge on any atom is -0.496 e. The monoisotopic (exact) mass is 312 g/mol. The fourth-order valence-electron chi connectivity index (χ4n) is 1.75. The molecule has 7 heteroatoms. The molecule has 0 aliphatic carbocycles. The number of nitrogens with one attached hydrogen (secondary N) is 1. The zero-order valence-electron chi connectivity index (χ0n) is 11.2. The summed E-state index contributed by atoms with van der Waals surface area (Å²) in [5, 5.41) is 1.74. The predicted molar refractivity (Wildman–Crippen MR) is 80.7 cm³/mol. The lowest BCUT2D eigenvalue weighted by Crippen LogP contribution is -2.11. The maximum Gasteiger partial charge on any atom is 0.271 e. The average molecular weight is 312 g/mol. The zero-order chi connectivity index (χ0) is 14.8. The van der Waals surface area contributed by atoms with E-state index in [1.165, 1.54) is 0 Å². The maximum atomic E-state index is 12.2. The Morgan fingerprint density at radius 2 is 2.10 bits per heavy atom. The largest absolute Gasteiger partial charge is 0.496 e. The summed E-state index contributed by atoms with van der Waals surface area (Å²) in [6.07, 6.45) is 0. The van der Waals surface area contributed by atoms with Crippen molar-refractivity contribution in [1.82, 2.24) is 0 Å². The van der Waals surface area contributed by atoms with Gasteiger partial charge in [-0.05, 0) is 47.7 Å². The number of thiophene rings is 1. The Kier molecular flexibility index (Phi) is 4.32. The number of benzene rings is 1. The molecule has 1 heterocycles. The van der Waals surface area contributed by atoms with E-state index < -0.39 is 10.0 Å². The SMILES string of the molecule is COc1ccc(NS(=O)(=O)c2cc(CN)cs2)cc1C. The number of hydrogen-bond donors (Lipinski definition) is 2. The summed E-state index contributed by atoms with van der Waals surface area (Å²) in [7, 11) is -1.99. The standard InChI is InChI=1S/C13H16N2O3S2/c1-9-5-11(3-4-12(9)18-2)15-20(16,17)13-6-10(7-14)8-19-13/h3-6,8,15H,7,14H2,1-2H3. The van der Waals surface area contributed by atoms with Crippen molar-refractivity contribution in [3.05, 3.63) is 40.8 Å². The Bertz CT molecular complexity index is 708. The molecule has 108 valence electrons. The van der Waals surface area contributed by atoms with E-state index in [9.17, 15) is 8.42 Å². The van der Waals surface area contributed by atoms with E-state index in [0.717, 1.165) is 28.2 Å². The molecule has 0 aliphatic rings. The number of hydrogen-bond acceptors (Lipinski definition) is 5. The first kappa shape index (κ1) is 14.8. The molecule has 0 atom stereocenters. The van der Waals surface area contributed by atoms with Crippen LogP contribution in [0.25, 0.3) is 0 Å². The van der Waals surface area contributed by atoms with Gasteiger partial charge in [-0.15, -0.1) is 11.3 Å². The van der Waals surface area contributed by atoms with Gasteiger partial charge in [-0.3, -0.25) is 4.72 Å². The molecule has 0 aliphatic heterocycles. The van der Waals surface area contributed by atoms with Crippen LogP contribution in [0.4, 0.5) is 5.69 Å². The summed E-state index contributed by atoms with van der Waals surface area (Å²) in [6, 6.07) is 6.71. The lowest BCUT2D eigenvalue weighted by atomic mass is 10.2. The van der Waals surface area contributed by atoms with Crippen molar-refractivity contribution in [2.75, 3.05) is 11.8 Å². The molecule has 2 aromatic rings. The van der Waals surface area contributed by atoms with Crippen molar-refractivity contribution in [3.8, 4) is 5.75 Å². The van der Waals surface area contributed by atoms with Gasteiger partial charge in [0.1, 0.15) is 9.96 Å². The van der Waals surface area contributed by atoms with Gasteiger partial charge in [0, 0.05) is 12.2 Å². The first-order valence-corrected chi connectivity index (χ1v) is 8.27. The molecule has 5 nitrogen and oxygen atoms in total. The summed E-state index contributed by atoms with van der Waals surface area (Å²) in [6.45, 7) is 2.18. The van der Waals surface area contributed by atoms with Crippen LogP contribution in [0, 0.1) is 6.92 Å². The summed E-state index contributed by atoms with van der Waals surface area (Å²) in [5.41, 5.74) is 7.66. The second-order valence-corrected chi connectivity index (χ2v) is 7.09. The second-order valence-electron chi connectivity index (χ2n) is 4.27. The van der Waals surface area contributed by atoms with Gasteiger partial charge in [-0.1, -0.05) is 0 Å². The van der Waals surface area contributed by atoms with Crippen LogP contribution in [0.3, 0.4) is 0 Å². The fraction of sp³-hybridized carbons (Fsp3) is 0.231. The lowest BCUT2D eigenvalue weighted by molar-refractivity contribution is 0.412. The summed E-state index contributed by atoms with van der Waals surface area (Å²) >= 11 is 1.16. The topological polar surface area (TPSA) is 81.4 Å². The van der Waals surface area contributed by atoms with Gasteiger partial charge in [-0.25, -0.2) is 8.42 Å². The number of rotatable bonds is 5. The van der Waals surface area contributed by atoms with Crippen LogP contribution in [0.1, 0.15) is 11.1 Å². The van der Waals surface area contributed by atoms with Gasteiger partial charge in [0.05, 0.1) is 7.11 Å². The van der Waals surface area contributed by atoms with Crippen molar-refractivity contribution >= 4 is 27.0 Å². The van der Waals surface area contributed by atoms with Gasteiger partial charge in [0.15, 0.2) is 0 Å². The predicted octanol–water partition coefficient (Wildman–Crippen LogP) is 2.32. The Hall–Kier alpha value is -1.57. The first-order valence-electron chi connectivity index (χ1n) is 5.91. The van der Waals surface area contributed by atoms with E-state index in [1.807, 2.05) is 6.92 Å². The van der Waals surface area contributed by atoms with Gasteiger partial charge >= 0.3 is 0 Å². The van der Waals surface area contributed by atoms with Gasteiger partial charge in [0.2, 0.25) is 0 Å². The summed E-state index contributed by atoms with van der Waals surface area (Å²) in [5.74, 6) is 0.717. The molecule has 2 rings (SSSR count). The molecule has 0 saturated carbocycles. The minimum atomic E-state index is -3.57. The van der Waals surface area contributed by atoms with Gasteiger partial charge < -0.3 is 10.5 Å². The van der Waals surface area contributed by atoms with E-state index in [0.29, 0.717) is 12.2 Å². The number of sulfonamides is 1. The molecule has 0 unspecified atom stereocenters. The average Bonchev–Trinajstić information content (AvgIpc) is 2.88. The molecule has 0 saturated heterocycles. The quantitative estimate of drug-likeness (QED) is 0.888. The summed E-state index contributed by atoms with van der Waals surface area (Å²) in [4.78, 5) is 0. The maximum absolute atomic E-state index is 12.2. The second kappa shape index (κ2) is 5.82. The minimum absolute atomic E-state index is 0.256. The van der Waals surface area contributed by atoms with Crippen molar-refractivity contribution in [2.45, 2.75) is 17.7 Å². The smallest absolute Gasteiger partial charge is 0.271 e. The molecular formula is C13H16N2O3S2. The molecule has 0 bridgehead atoms. The molecule has 0 radical (unpaired) electrons. The molecule has 1 aromatic carbocycles. The van der Waals surface area contributed by atoms with Crippen LogP contribution in [-0.2, 0) is 16.6 Å². The normalized spacial score (nSPS) is 11.3. The molecule has 20 heavy (non-hydrogen) atoms. The van der Waals surface area contributed by atoms with Crippen LogP contribution in [0.15, 0.2) is 33.9 Å². The third-order valence-electron chi connectivity index (χ3n) is 2.78. The van der Waals surface area contributed by atoms with Crippen molar-refractivity contribution in [1.29, 1.82) is 0 Å². The highest BCUT2D eigenvalue weighted by Gasteiger charge is 2.17. The zero-order valence-corrected chi connectivity index (χ0v) is 12.8. The number of methoxy groups -OCH3 is 1.